The van der Waals surface area contributed by atoms with E-state index < -0.39 is 0 Å². The molecular formula is C29H40N2O2. The van der Waals surface area contributed by atoms with Crippen LogP contribution in [0.1, 0.15) is 86.5 Å². The number of ketones is 1. The standard InChI is InChI=1S/C29H40N2O2/c1-3-23-11-6-8-14-27(23)29(22(2)32)31-19-18-26(21-31)33-20-10-4-5-13-25-17-16-24-12-7-9-15-28(24)30-25/h6,8,11,14,16-17,26,29H,3-5,7,9-10,12-13,15,18-21H2,1-2H3/t26-,29-/m1/s1. The molecule has 178 valence electrons. The van der Waals surface area contributed by atoms with Crippen LogP contribution in [-0.2, 0) is 35.2 Å². The number of carbonyl (C=O) groups excluding carboxylic acids is 1. The Morgan fingerprint density at radius 2 is 1.97 bits per heavy atom. The first-order chi connectivity index (χ1) is 16.2. The van der Waals surface area contributed by atoms with Crippen LogP contribution in [0.2, 0.25) is 0 Å². The number of hydrogen-bond acceptors (Lipinski definition) is 4. The van der Waals surface area contributed by atoms with Crippen LogP contribution >= 0.6 is 0 Å². The summed E-state index contributed by atoms with van der Waals surface area (Å²) < 4.78 is 6.21. The van der Waals surface area contributed by atoms with Gasteiger partial charge in [0.1, 0.15) is 0 Å². The number of nitrogens with zero attached hydrogens (tertiary/aromatic N) is 2. The summed E-state index contributed by atoms with van der Waals surface area (Å²) in [6.07, 6.45) is 11.7. The molecule has 1 aromatic carbocycles. The second-order valence-electron chi connectivity index (χ2n) is 9.77. The Balaban J connectivity index is 1.18. The molecule has 1 aliphatic carbocycles. The molecule has 0 unspecified atom stereocenters. The zero-order valence-corrected chi connectivity index (χ0v) is 20.5. The number of aryl methyl sites for hydroxylation is 4. The maximum Gasteiger partial charge on any atom is 0.151 e. The third-order valence-corrected chi connectivity index (χ3v) is 7.32. The van der Waals surface area contributed by atoms with E-state index >= 15 is 0 Å². The summed E-state index contributed by atoms with van der Waals surface area (Å²) in [6, 6.07) is 12.8. The van der Waals surface area contributed by atoms with E-state index in [-0.39, 0.29) is 17.9 Å². The molecule has 33 heavy (non-hydrogen) atoms. The van der Waals surface area contributed by atoms with Crippen molar-refractivity contribution in [1.82, 2.24) is 9.88 Å². The van der Waals surface area contributed by atoms with Crippen LogP contribution in [0.4, 0.5) is 0 Å². The van der Waals surface area contributed by atoms with Gasteiger partial charge in [-0.1, -0.05) is 43.7 Å². The monoisotopic (exact) mass is 448 g/mol. The average Bonchev–Trinajstić information content (AvgIpc) is 3.29. The molecule has 2 atom stereocenters. The molecule has 4 rings (SSSR count). The summed E-state index contributed by atoms with van der Waals surface area (Å²) in [7, 11) is 0. The van der Waals surface area contributed by atoms with Crippen molar-refractivity contribution in [2.45, 2.75) is 90.2 Å². The van der Waals surface area contributed by atoms with E-state index in [9.17, 15) is 4.79 Å². The second-order valence-corrected chi connectivity index (χ2v) is 9.77. The van der Waals surface area contributed by atoms with E-state index in [4.69, 9.17) is 9.72 Å². The van der Waals surface area contributed by atoms with Crippen LogP contribution in [0, 0.1) is 0 Å². The first kappa shape index (κ1) is 24.1. The van der Waals surface area contributed by atoms with Gasteiger partial charge in [0.15, 0.2) is 5.78 Å². The molecule has 1 fully saturated rings. The van der Waals surface area contributed by atoms with Crippen LogP contribution in [0.5, 0.6) is 0 Å². The topological polar surface area (TPSA) is 42.4 Å². The first-order valence-electron chi connectivity index (χ1n) is 13.1. The number of rotatable bonds is 11. The molecular weight excluding hydrogens is 408 g/mol. The molecule has 1 saturated heterocycles. The normalized spacial score (nSPS) is 19.4. The Bertz CT molecular complexity index is 926. The van der Waals surface area contributed by atoms with Gasteiger partial charge >= 0.3 is 0 Å². The molecule has 4 nitrogen and oxygen atoms in total. The molecule has 2 aromatic rings. The Hall–Kier alpha value is -2.04. The van der Waals surface area contributed by atoms with Gasteiger partial charge in [-0.05, 0) is 87.5 Å². The Kier molecular flexibility index (Phi) is 8.69. The van der Waals surface area contributed by atoms with E-state index in [0.29, 0.717) is 0 Å². The number of fused-ring (bicyclic) bond motifs is 1. The SMILES string of the molecule is CCc1ccccc1[C@@H](C(C)=O)N1CC[C@@H](OCCCCCc2ccc3c(n2)CCCC3)C1. The Morgan fingerprint density at radius 3 is 2.82 bits per heavy atom. The fourth-order valence-electron chi connectivity index (χ4n) is 5.52. The van der Waals surface area contributed by atoms with E-state index in [0.717, 1.165) is 51.8 Å². The predicted octanol–water partition coefficient (Wildman–Crippen LogP) is 5.66. The molecule has 4 heteroatoms. The minimum absolute atomic E-state index is 0.140. The maximum atomic E-state index is 12.5. The van der Waals surface area contributed by atoms with Crippen LogP contribution < -0.4 is 0 Å². The van der Waals surface area contributed by atoms with Gasteiger partial charge in [-0.25, -0.2) is 0 Å². The number of ether oxygens (including phenoxy) is 1. The third-order valence-electron chi connectivity index (χ3n) is 7.32. The van der Waals surface area contributed by atoms with Crippen LogP contribution in [-0.4, -0.2) is 41.5 Å². The summed E-state index contributed by atoms with van der Waals surface area (Å²) in [5.74, 6) is 0.229. The smallest absolute Gasteiger partial charge is 0.151 e. The average molecular weight is 449 g/mol. The van der Waals surface area contributed by atoms with Gasteiger partial charge in [0.05, 0.1) is 12.1 Å². The van der Waals surface area contributed by atoms with E-state index in [1.165, 1.54) is 60.2 Å². The lowest BCUT2D eigenvalue weighted by Gasteiger charge is -2.27. The minimum atomic E-state index is -0.140. The van der Waals surface area contributed by atoms with Crippen molar-refractivity contribution in [3.63, 3.8) is 0 Å². The van der Waals surface area contributed by atoms with E-state index in [1.54, 1.807) is 6.92 Å². The van der Waals surface area contributed by atoms with Crippen molar-refractivity contribution >= 4 is 5.78 Å². The highest BCUT2D eigenvalue weighted by Crippen LogP contribution is 2.30. The zero-order valence-electron chi connectivity index (χ0n) is 20.5. The Labute approximate surface area is 199 Å². The molecule has 0 radical (unpaired) electrons. The third kappa shape index (κ3) is 6.30. The lowest BCUT2D eigenvalue weighted by molar-refractivity contribution is -0.122. The minimum Gasteiger partial charge on any atom is -0.377 e. The maximum absolute atomic E-state index is 12.5. The second kappa shape index (κ2) is 11.9. The lowest BCUT2D eigenvalue weighted by Crippen LogP contribution is -2.33. The zero-order chi connectivity index (χ0) is 23.0. The van der Waals surface area contributed by atoms with Crippen LogP contribution in [0.25, 0.3) is 0 Å². The van der Waals surface area contributed by atoms with Crippen molar-refractivity contribution in [3.05, 3.63) is 64.5 Å². The molecule has 0 spiro atoms. The van der Waals surface area contributed by atoms with Crippen molar-refractivity contribution < 1.29 is 9.53 Å². The van der Waals surface area contributed by atoms with Crippen molar-refractivity contribution in [2.75, 3.05) is 19.7 Å². The molecule has 2 aliphatic rings. The van der Waals surface area contributed by atoms with Gasteiger partial charge in [0.25, 0.3) is 0 Å². The molecule has 1 aromatic heterocycles. The van der Waals surface area contributed by atoms with Crippen LogP contribution in [0.3, 0.4) is 0 Å². The number of hydrogen-bond donors (Lipinski definition) is 0. The molecule has 0 N–H and O–H groups in total. The van der Waals surface area contributed by atoms with Gasteiger partial charge in [-0.3, -0.25) is 14.7 Å². The van der Waals surface area contributed by atoms with Gasteiger partial charge in [0, 0.05) is 31.1 Å². The van der Waals surface area contributed by atoms with Gasteiger partial charge in [-0.2, -0.15) is 0 Å². The molecule has 0 amide bonds. The molecule has 2 heterocycles. The number of likely N-dealkylation sites (tertiary alicyclic amines) is 1. The first-order valence-corrected chi connectivity index (χ1v) is 13.1. The summed E-state index contributed by atoms with van der Waals surface area (Å²) in [6.45, 7) is 6.47. The van der Waals surface area contributed by atoms with E-state index in [2.05, 4.69) is 42.2 Å². The number of pyridine rings is 1. The summed E-state index contributed by atoms with van der Waals surface area (Å²) in [5, 5.41) is 0. The summed E-state index contributed by atoms with van der Waals surface area (Å²) >= 11 is 0. The number of benzene rings is 1. The molecule has 1 aliphatic heterocycles. The largest absolute Gasteiger partial charge is 0.377 e. The molecule has 0 saturated carbocycles. The quantitative estimate of drug-likeness (QED) is 0.416. The molecule has 0 bridgehead atoms. The summed E-state index contributed by atoms with van der Waals surface area (Å²) in [4.78, 5) is 19.8. The Morgan fingerprint density at radius 1 is 1.12 bits per heavy atom. The predicted molar refractivity (Wildman–Crippen MR) is 134 cm³/mol. The van der Waals surface area contributed by atoms with Crippen LogP contribution in [0.15, 0.2) is 36.4 Å². The number of Topliss-reactive ketones (excluding diaryl/α,β-unsaturated/α-hetero) is 1. The fraction of sp³-hybridized carbons (Fsp3) is 0.586. The van der Waals surface area contributed by atoms with Gasteiger partial charge < -0.3 is 4.74 Å². The highest BCUT2D eigenvalue weighted by molar-refractivity contribution is 5.83. The van der Waals surface area contributed by atoms with Gasteiger partial charge in [-0.15, -0.1) is 0 Å². The van der Waals surface area contributed by atoms with Crippen molar-refractivity contribution in [1.29, 1.82) is 0 Å². The van der Waals surface area contributed by atoms with Crippen molar-refractivity contribution in [3.8, 4) is 0 Å². The van der Waals surface area contributed by atoms with Crippen molar-refractivity contribution in [2.24, 2.45) is 0 Å². The fourth-order valence-corrected chi connectivity index (χ4v) is 5.52. The lowest BCUT2D eigenvalue weighted by atomic mass is 9.95. The summed E-state index contributed by atoms with van der Waals surface area (Å²) in [5.41, 5.74) is 6.51. The highest BCUT2D eigenvalue weighted by atomic mass is 16.5. The number of carbonyl (C=O) groups is 1. The number of unbranched alkanes of at least 4 members (excludes halogenated alkanes) is 2. The van der Waals surface area contributed by atoms with Gasteiger partial charge in [0.2, 0.25) is 0 Å². The highest BCUT2D eigenvalue weighted by Gasteiger charge is 2.33. The number of aromatic nitrogens is 1. The van der Waals surface area contributed by atoms with E-state index in [1.807, 2.05) is 6.07 Å².